The molecule has 2 nitrogen and oxygen atoms in total. The lowest BCUT2D eigenvalue weighted by Gasteiger charge is -2.01. The average Bonchev–Trinajstić information content (AvgIpc) is 1.90. The van der Waals surface area contributed by atoms with Gasteiger partial charge in [-0.05, 0) is 19.1 Å². The van der Waals surface area contributed by atoms with Crippen LogP contribution in [0.5, 0.6) is 0 Å². The lowest BCUT2D eigenvalue weighted by Crippen LogP contribution is -2.79. The number of quaternary nitrogens is 1. The van der Waals surface area contributed by atoms with E-state index in [0.717, 1.165) is 12.1 Å². The van der Waals surface area contributed by atoms with Crippen molar-refractivity contribution in [3.05, 3.63) is 23.9 Å². The van der Waals surface area contributed by atoms with Crippen molar-refractivity contribution in [2.75, 3.05) is 6.54 Å². The third-order valence-electron chi connectivity index (χ3n) is 1.33. The Kier molecular flexibility index (Phi) is 1.80. The fourth-order valence-corrected chi connectivity index (χ4v) is 0.774. The summed E-state index contributed by atoms with van der Waals surface area (Å²) in [6.07, 6.45) is 5.70. The largest absolute Gasteiger partial charge is 0.316 e. The van der Waals surface area contributed by atoms with Gasteiger partial charge in [0.1, 0.15) is 6.54 Å². The molecule has 0 aromatic rings. The van der Waals surface area contributed by atoms with Crippen LogP contribution in [-0.2, 0) is 4.79 Å². The van der Waals surface area contributed by atoms with Gasteiger partial charge in [-0.25, -0.2) is 0 Å². The Morgan fingerprint density at radius 2 is 2.56 bits per heavy atom. The molecule has 2 N–H and O–H groups in total. The van der Waals surface area contributed by atoms with Gasteiger partial charge in [-0.15, -0.1) is 0 Å². The number of carbonyl (C=O) groups excluding carboxylic acids is 1. The summed E-state index contributed by atoms with van der Waals surface area (Å²) in [5.41, 5.74) is 0.900. The highest BCUT2D eigenvalue weighted by Crippen LogP contribution is 1.94. The Morgan fingerprint density at radius 3 is 2.89 bits per heavy atom. The van der Waals surface area contributed by atoms with Crippen molar-refractivity contribution in [2.45, 2.75) is 6.92 Å². The molecule has 1 heterocycles. The zero-order chi connectivity index (χ0) is 6.69. The van der Waals surface area contributed by atoms with Gasteiger partial charge < -0.3 is 5.32 Å². The molecule has 0 bridgehead atoms. The second-order valence-corrected chi connectivity index (χ2v) is 2.07. The molecular formula is C7H10NO+. The van der Waals surface area contributed by atoms with Gasteiger partial charge in [0, 0.05) is 5.57 Å². The number of hydrogen-bond acceptors (Lipinski definition) is 1. The molecule has 1 rings (SSSR count). The summed E-state index contributed by atoms with van der Waals surface area (Å²) in [6, 6.07) is 0. The molecule has 0 unspecified atom stereocenters. The summed E-state index contributed by atoms with van der Waals surface area (Å²) in [5.74, 6) is 0.176. The molecule has 0 radical (unpaired) electrons. The van der Waals surface area contributed by atoms with Crippen molar-refractivity contribution in [1.82, 2.24) is 0 Å². The van der Waals surface area contributed by atoms with E-state index >= 15 is 0 Å². The fourth-order valence-electron chi connectivity index (χ4n) is 0.774. The van der Waals surface area contributed by atoms with E-state index in [4.69, 9.17) is 0 Å². The molecule has 0 atom stereocenters. The quantitative estimate of drug-likeness (QED) is 0.506. The Balaban J connectivity index is 2.68. The first-order valence-corrected chi connectivity index (χ1v) is 3.00. The minimum atomic E-state index is 0.176. The van der Waals surface area contributed by atoms with Crippen molar-refractivity contribution >= 4 is 5.78 Å². The molecule has 0 aromatic heterocycles. The van der Waals surface area contributed by atoms with E-state index < -0.39 is 0 Å². The molecule has 0 fully saturated rings. The maximum Gasteiger partial charge on any atom is 0.161 e. The van der Waals surface area contributed by atoms with E-state index in [-0.39, 0.29) is 5.78 Å². The van der Waals surface area contributed by atoms with Gasteiger partial charge in [0.05, 0.1) is 6.20 Å². The Labute approximate surface area is 54.3 Å². The fraction of sp³-hybridized carbons (Fsp3) is 0.286. The number of rotatable bonds is 1. The second-order valence-electron chi connectivity index (χ2n) is 2.07. The summed E-state index contributed by atoms with van der Waals surface area (Å²) in [7, 11) is 0. The van der Waals surface area contributed by atoms with Crippen molar-refractivity contribution in [1.29, 1.82) is 0 Å². The lowest BCUT2D eigenvalue weighted by molar-refractivity contribution is -0.580. The number of Topliss-reactive ketones (excluding diaryl/α,β-unsaturated/α-hetero) is 1. The summed E-state index contributed by atoms with van der Waals surface area (Å²) in [5, 5.41) is 1.98. The summed E-state index contributed by atoms with van der Waals surface area (Å²) < 4.78 is 0. The maximum atomic E-state index is 10.7. The molecule has 9 heavy (non-hydrogen) atoms. The Hall–Kier alpha value is -0.890. The number of allylic oxidation sites excluding steroid dienone is 2. The Bertz CT molecular complexity index is 179. The van der Waals surface area contributed by atoms with Crippen molar-refractivity contribution in [3.8, 4) is 0 Å². The smallest absolute Gasteiger partial charge is 0.161 e. The molecule has 0 saturated carbocycles. The molecule has 0 amide bonds. The molecule has 48 valence electrons. The monoisotopic (exact) mass is 124 g/mol. The van der Waals surface area contributed by atoms with Crippen molar-refractivity contribution in [2.24, 2.45) is 0 Å². The third kappa shape index (κ3) is 1.50. The van der Waals surface area contributed by atoms with Crippen LogP contribution in [0.15, 0.2) is 23.9 Å². The lowest BCUT2D eigenvalue weighted by atomic mass is 10.1. The van der Waals surface area contributed by atoms with Crippen LogP contribution in [0, 0.1) is 0 Å². The van der Waals surface area contributed by atoms with Crippen LogP contribution in [-0.4, -0.2) is 12.3 Å². The summed E-state index contributed by atoms with van der Waals surface area (Å²) >= 11 is 0. The minimum absolute atomic E-state index is 0.176. The predicted octanol–water partition coefficient (Wildman–Crippen LogP) is -0.408. The van der Waals surface area contributed by atoms with Crippen LogP contribution in [0.1, 0.15) is 6.92 Å². The molecule has 0 aliphatic carbocycles. The van der Waals surface area contributed by atoms with Gasteiger partial charge in [0.15, 0.2) is 5.78 Å². The molecule has 0 spiro atoms. The van der Waals surface area contributed by atoms with Crippen molar-refractivity contribution < 1.29 is 10.1 Å². The number of carbonyl (C=O) groups is 1. The molecular weight excluding hydrogens is 114 g/mol. The van der Waals surface area contributed by atoms with E-state index in [1.807, 2.05) is 23.7 Å². The first kappa shape index (κ1) is 6.23. The van der Waals surface area contributed by atoms with Gasteiger partial charge in [0.25, 0.3) is 0 Å². The molecule has 1 aliphatic rings. The molecule has 0 saturated heterocycles. The van der Waals surface area contributed by atoms with Gasteiger partial charge in [0.2, 0.25) is 0 Å². The number of ketones is 1. The predicted molar refractivity (Wildman–Crippen MR) is 34.7 cm³/mol. The van der Waals surface area contributed by atoms with E-state index in [2.05, 4.69) is 0 Å². The minimum Gasteiger partial charge on any atom is -0.316 e. The highest BCUT2D eigenvalue weighted by atomic mass is 16.1. The van der Waals surface area contributed by atoms with Crippen LogP contribution in [0.4, 0.5) is 0 Å². The number of hydrogen-bond donors (Lipinski definition) is 1. The van der Waals surface area contributed by atoms with E-state index in [9.17, 15) is 4.79 Å². The molecule has 0 aromatic carbocycles. The zero-order valence-corrected chi connectivity index (χ0v) is 5.42. The summed E-state index contributed by atoms with van der Waals surface area (Å²) in [6.45, 7) is 2.39. The maximum absolute atomic E-state index is 10.7. The SMILES string of the molecule is CC(=O)C1=CC=C[NH2+]C1. The van der Waals surface area contributed by atoms with Gasteiger partial charge in [-0.1, -0.05) is 0 Å². The van der Waals surface area contributed by atoms with E-state index in [1.165, 1.54) is 0 Å². The highest BCUT2D eigenvalue weighted by Gasteiger charge is 2.05. The average molecular weight is 124 g/mol. The van der Waals surface area contributed by atoms with Gasteiger partial charge in [-0.3, -0.25) is 4.79 Å². The first-order valence-electron chi connectivity index (χ1n) is 3.00. The van der Waals surface area contributed by atoms with Gasteiger partial charge in [-0.2, -0.15) is 0 Å². The second kappa shape index (κ2) is 2.60. The van der Waals surface area contributed by atoms with Crippen LogP contribution < -0.4 is 5.32 Å². The standard InChI is InChI=1S/C7H9NO/c1-6(9)7-3-2-4-8-5-7/h2-4,8H,5H2,1H3/p+1. The van der Waals surface area contributed by atoms with Crippen LogP contribution >= 0.6 is 0 Å². The van der Waals surface area contributed by atoms with Crippen LogP contribution in [0.2, 0.25) is 0 Å². The highest BCUT2D eigenvalue weighted by molar-refractivity contribution is 5.93. The molecule has 1 aliphatic heterocycles. The third-order valence-corrected chi connectivity index (χ3v) is 1.33. The number of nitrogens with two attached hydrogens (primary N) is 1. The van der Waals surface area contributed by atoms with Crippen molar-refractivity contribution in [3.63, 3.8) is 0 Å². The first-order chi connectivity index (χ1) is 4.30. The van der Waals surface area contributed by atoms with Gasteiger partial charge >= 0.3 is 0 Å². The summed E-state index contributed by atoms with van der Waals surface area (Å²) in [4.78, 5) is 10.7. The topological polar surface area (TPSA) is 33.7 Å². The van der Waals surface area contributed by atoms with Crippen LogP contribution in [0.25, 0.3) is 0 Å². The molecule has 2 heteroatoms. The normalized spacial score (nSPS) is 17.2. The zero-order valence-electron chi connectivity index (χ0n) is 5.42. The van der Waals surface area contributed by atoms with E-state index in [0.29, 0.717) is 0 Å². The van der Waals surface area contributed by atoms with E-state index in [1.54, 1.807) is 6.92 Å². The van der Waals surface area contributed by atoms with Crippen LogP contribution in [0.3, 0.4) is 0 Å². The Morgan fingerprint density at radius 1 is 1.78 bits per heavy atom.